The molecule has 0 unspecified atom stereocenters. The molecule has 1 aromatic heterocycles. The topological polar surface area (TPSA) is 67.2 Å². The van der Waals surface area contributed by atoms with Crippen molar-refractivity contribution in [2.75, 3.05) is 13.1 Å². The number of oxazole rings is 1. The Morgan fingerprint density at radius 2 is 1.88 bits per heavy atom. The van der Waals surface area contributed by atoms with Crippen molar-refractivity contribution in [3.8, 4) is 11.5 Å². The first-order valence-corrected chi connectivity index (χ1v) is 9.42. The monoisotopic (exact) mass is 353 g/mol. The zero-order valence-corrected chi connectivity index (χ0v) is 15.4. The molecule has 0 saturated carbocycles. The normalized spacial score (nSPS) is 14.0. The summed E-state index contributed by atoms with van der Waals surface area (Å²) in [6.45, 7) is 3.28. The maximum absolute atomic E-state index is 11.8. The predicted molar refractivity (Wildman–Crippen MR) is 103 cm³/mol. The van der Waals surface area contributed by atoms with Gasteiger partial charge in [-0.25, -0.2) is 9.78 Å². The average Bonchev–Trinajstić information content (AvgIpc) is 3.12. The van der Waals surface area contributed by atoms with Crippen LogP contribution in [0.2, 0.25) is 0 Å². The van der Waals surface area contributed by atoms with Crippen molar-refractivity contribution in [3.63, 3.8) is 0 Å². The van der Waals surface area contributed by atoms with E-state index in [0.29, 0.717) is 25.4 Å². The molecule has 2 amide bonds. The summed E-state index contributed by atoms with van der Waals surface area (Å²) in [4.78, 5) is 16.3. The van der Waals surface area contributed by atoms with E-state index in [1.54, 1.807) is 6.26 Å². The fraction of sp³-hybridized carbons (Fsp3) is 0.429. The van der Waals surface area contributed by atoms with Gasteiger partial charge in [0.1, 0.15) is 6.26 Å². The highest BCUT2D eigenvalue weighted by Gasteiger charge is 2.08. The molecule has 1 aliphatic rings. The molecule has 0 saturated heterocycles. The Labute approximate surface area is 154 Å². The van der Waals surface area contributed by atoms with E-state index in [-0.39, 0.29) is 6.03 Å². The van der Waals surface area contributed by atoms with Gasteiger partial charge in [-0.15, -0.1) is 0 Å². The second-order valence-corrected chi connectivity index (χ2v) is 6.80. The van der Waals surface area contributed by atoms with Crippen molar-refractivity contribution in [2.24, 2.45) is 0 Å². The third kappa shape index (κ3) is 5.48. The molecule has 1 aromatic carbocycles. The number of benzene rings is 1. The average molecular weight is 353 g/mol. The summed E-state index contributed by atoms with van der Waals surface area (Å²) in [6, 6.07) is 7.95. The van der Waals surface area contributed by atoms with Crippen LogP contribution in [0.3, 0.4) is 0 Å². The highest BCUT2D eigenvalue weighted by molar-refractivity contribution is 5.73. The van der Waals surface area contributed by atoms with Crippen LogP contribution in [0.15, 0.2) is 46.6 Å². The number of rotatable bonds is 7. The number of hydrogen-bond acceptors (Lipinski definition) is 3. The fourth-order valence-corrected chi connectivity index (χ4v) is 3.09. The molecule has 0 aliphatic heterocycles. The molecule has 1 heterocycles. The van der Waals surface area contributed by atoms with E-state index in [4.69, 9.17) is 4.42 Å². The lowest BCUT2D eigenvalue weighted by Gasteiger charge is -2.13. The lowest BCUT2D eigenvalue weighted by molar-refractivity contribution is 0.241. The van der Waals surface area contributed by atoms with Crippen LogP contribution in [0, 0.1) is 6.92 Å². The van der Waals surface area contributed by atoms with E-state index in [9.17, 15) is 4.79 Å². The van der Waals surface area contributed by atoms with Gasteiger partial charge in [0.05, 0.1) is 5.69 Å². The SMILES string of the molecule is Cc1ccc(-c2nc(CCNC(=O)NCCC3=CCCCC3)co2)cc1. The first-order chi connectivity index (χ1) is 12.7. The van der Waals surface area contributed by atoms with Crippen LogP contribution < -0.4 is 10.6 Å². The third-order valence-corrected chi connectivity index (χ3v) is 4.63. The van der Waals surface area contributed by atoms with Gasteiger partial charge < -0.3 is 15.1 Å². The Kier molecular flexibility index (Phi) is 6.47. The van der Waals surface area contributed by atoms with Crippen molar-refractivity contribution >= 4 is 6.03 Å². The summed E-state index contributed by atoms with van der Waals surface area (Å²) in [6.07, 6.45) is 10.5. The molecule has 2 aromatic rings. The Morgan fingerprint density at radius 3 is 2.62 bits per heavy atom. The van der Waals surface area contributed by atoms with E-state index in [1.165, 1.54) is 36.8 Å². The first-order valence-electron chi connectivity index (χ1n) is 9.42. The van der Waals surface area contributed by atoms with Gasteiger partial charge in [-0.1, -0.05) is 29.3 Å². The number of nitrogens with zero attached hydrogens (tertiary/aromatic N) is 1. The van der Waals surface area contributed by atoms with Crippen LogP contribution in [0.1, 0.15) is 43.4 Å². The third-order valence-electron chi connectivity index (χ3n) is 4.63. The quantitative estimate of drug-likeness (QED) is 0.726. The Balaban J connectivity index is 1.36. The Bertz CT molecular complexity index is 747. The van der Waals surface area contributed by atoms with E-state index in [0.717, 1.165) is 17.7 Å². The van der Waals surface area contributed by atoms with Crippen molar-refractivity contribution < 1.29 is 9.21 Å². The largest absolute Gasteiger partial charge is 0.444 e. The number of allylic oxidation sites excluding steroid dienone is 1. The second-order valence-electron chi connectivity index (χ2n) is 6.80. The number of carbonyl (C=O) groups is 1. The fourth-order valence-electron chi connectivity index (χ4n) is 3.09. The minimum Gasteiger partial charge on any atom is -0.444 e. The zero-order valence-electron chi connectivity index (χ0n) is 15.4. The Hall–Kier alpha value is -2.56. The highest BCUT2D eigenvalue weighted by Crippen LogP contribution is 2.20. The van der Waals surface area contributed by atoms with Crippen molar-refractivity contribution in [1.82, 2.24) is 15.6 Å². The van der Waals surface area contributed by atoms with E-state index in [1.807, 2.05) is 31.2 Å². The van der Waals surface area contributed by atoms with Gasteiger partial charge >= 0.3 is 6.03 Å². The molecule has 26 heavy (non-hydrogen) atoms. The van der Waals surface area contributed by atoms with E-state index >= 15 is 0 Å². The van der Waals surface area contributed by atoms with Crippen LogP contribution in [-0.2, 0) is 6.42 Å². The molecule has 3 rings (SSSR count). The van der Waals surface area contributed by atoms with Gasteiger partial charge in [0, 0.05) is 25.1 Å². The maximum Gasteiger partial charge on any atom is 0.314 e. The van der Waals surface area contributed by atoms with Crippen molar-refractivity contribution in [1.29, 1.82) is 0 Å². The van der Waals surface area contributed by atoms with Crippen LogP contribution in [-0.4, -0.2) is 24.1 Å². The summed E-state index contributed by atoms with van der Waals surface area (Å²) in [7, 11) is 0. The molecule has 1 aliphatic carbocycles. The van der Waals surface area contributed by atoms with Crippen LogP contribution in [0.25, 0.3) is 11.5 Å². The van der Waals surface area contributed by atoms with Gasteiger partial charge in [-0.05, 0) is 51.2 Å². The smallest absolute Gasteiger partial charge is 0.314 e. The van der Waals surface area contributed by atoms with Crippen molar-refractivity contribution in [2.45, 2.75) is 45.4 Å². The highest BCUT2D eigenvalue weighted by atomic mass is 16.3. The minimum atomic E-state index is -0.122. The molecule has 2 N–H and O–H groups in total. The molecule has 0 radical (unpaired) electrons. The molecule has 0 spiro atoms. The number of amides is 2. The lowest BCUT2D eigenvalue weighted by atomic mass is 9.97. The molecule has 0 fully saturated rings. The molecule has 138 valence electrons. The van der Waals surface area contributed by atoms with E-state index < -0.39 is 0 Å². The molecule has 0 atom stereocenters. The molecule has 0 bridgehead atoms. The second kappa shape index (κ2) is 9.22. The first kappa shape index (κ1) is 18.2. The zero-order chi connectivity index (χ0) is 18.2. The number of aryl methyl sites for hydroxylation is 1. The summed E-state index contributed by atoms with van der Waals surface area (Å²) >= 11 is 0. The van der Waals surface area contributed by atoms with Crippen LogP contribution in [0.4, 0.5) is 4.79 Å². The standard InChI is InChI=1S/C21H27N3O2/c1-16-7-9-18(10-8-16)20-24-19(15-26-20)12-14-23-21(25)22-13-11-17-5-3-2-4-6-17/h5,7-10,15H,2-4,6,11-14H2,1H3,(H2,22,23,25). The molecular formula is C21H27N3O2. The van der Waals surface area contributed by atoms with Crippen LogP contribution >= 0.6 is 0 Å². The molecule has 5 nitrogen and oxygen atoms in total. The van der Waals surface area contributed by atoms with Gasteiger partial charge in [-0.2, -0.15) is 0 Å². The molecule has 5 heteroatoms. The van der Waals surface area contributed by atoms with Crippen LogP contribution in [0.5, 0.6) is 0 Å². The summed E-state index contributed by atoms with van der Waals surface area (Å²) in [5, 5.41) is 5.79. The maximum atomic E-state index is 11.8. The Morgan fingerprint density at radius 1 is 1.12 bits per heavy atom. The molecular weight excluding hydrogens is 326 g/mol. The number of carbonyl (C=O) groups excluding carboxylic acids is 1. The summed E-state index contributed by atoms with van der Waals surface area (Å²) < 4.78 is 5.53. The number of hydrogen-bond donors (Lipinski definition) is 2. The van der Waals surface area contributed by atoms with Gasteiger partial charge in [-0.3, -0.25) is 0 Å². The minimum absolute atomic E-state index is 0.122. The number of nitrogens with one attached hydrogen (secondary N) is 2. The van der Waals surface area contributed by atoms with Gasteiger partial charge in [0.25, 0.3) is 0 Å². The number of aromatic nitrogens is 1. The predicted octanol–water partition coefficient (Wildman–Crippen LogP) is 4.38. The summed E-state index contributed by atoms with van der Waals surface area (Å²) in [5.74, 6) is 0.616. The number of urea groups is 1. The van der Waals surface area contributed by atoms with Crippen molar-refractivity contribution in [3.05, 3.63) is 53.4 Å². The summed E-state index contributed by atoms with van der Waals surface area (Å²) in [5.41, 5.74) is 4.48. The lowest BCUT2D eigenvalue weighted by Crippen LogP contribution is -2.37. The van der Waals surface area contributed by atoms with E-state index in [2.05, 4.69) is 21.7 Å². The van der Waals surface area contributed by atoms with Gasteiger partial charge in [0.15, 0.2) is 0 Å². The van der Waals surface area contributed by atoms with Gasteiger partial charge in [0.2, 0.25) is 5.89 Å².